The molecule has 0 spiro atoms. The Bertz CT molecular complexity index is 116. The van der Waals surface area contributed by atoms with Gasteiger partial charge in [0.2, 0.25) is 0 Å². The van der Waals surface area contributed by atoms with Gasteiger partial charge in [0.05, 0.1) is 0 Å². The molecule has 0 aliphatic heterocycles. The van der Waals surface area contributed by atoms with E-state index in [9.17, 15) is 0 Å². The van der Waals surface area contributed by atoms with Gasteiger partial charge in [-0.15, -0.1) is 0 Å². The number of nitrogens with zero attached hydrogens (tertiary/aromatic N) is 1. The maximum absolute atomic E-state index is 3.51. The third-order valence-corrected chi connectivity index (χ3v) is 3.79. The van der Waals surface area contributed by atoms with Crippen molar-refractivity contribution in [2.24, 2.45) is 11.8 Å². The Morgan fingerprint density at radius 2 is 2.17 bits per heavy atom. The van der Waals surface area contributed by atoms with Gasteiger partial charge in [0, 0.05) is 18.4 Å². The van der Waals surface area contributed by atoms with Gasteiger partial charge in [-0.2, -0.15) is 0 Å². The van der Waals surface area contributed by atoms with Crippen LogP contribution >= 0.6 is 15.9 Å². The van der Waals surface area contributed by atoms with E-state index in [0.717, 1.165) is 17.2 Å². The van der Waals surface area contributed by atoms with Gasteiger partial charge in [0.15, 0.2) is 0 Å². The third kappa shape index (κ3) is 3.44. The summed E-state index contributed by atoms with van der Waals surface area (Å²) in [4.78, 5) is 2.48. The van der Waals surface area contributed by atoms with Crippen LogP contribution in [0.1, 0.15) is 26.2 Å². The number of halogens is 1. The van der Waals surface area contributed by atoms with E-state index in [2.05, 4.69) is 34.8 Å². The highest BCUT2D eigenvalue weighted by Crippen LogP contribution is 2.26. The Morgan fingerprint density at radius 1 is 1.50 bits per heavy atom. The van der Waals surface area contributed by atoms with E-state index in [4.69, 9.17) is 0 Å². The van der Waals surface area contributed by atoms with Crippen LogP contribution in [0.15, 0.2) is 0 Å². The summed E-state index contributed by atoms with van der Waals surface area (Å²) < 4.78 is 0. The van der Waals surface area contributed by atoms with E-state index in [1.807, 2.05) is 0 Å². The van der Waals surface area contributed by atoms with Crippen LogP contribution in [0.4, 0.5) is 0 Å². The molecule has 12 heavy (non-hydrogen) atoms. The van der Waals surface area contributed by atoms with E-state index < -0.39 is 0 Å². The highest BCUT2D eigenvalue weighted by atomic mass is 79.9. The minimum Gasteiger partial charge on any atom is -0.306 e. The molecule has 1 atom stereocenters. The van der Waals surface area contributed by atoms with Crippen LogP contribution in [0.25, 0.3) is 0 Å². The minimum absolute atomic E-state index is 0.787. The molecule has 2 heteroatoms. The summed E-state index contributed by atoms with van der Waals surface area (Å²) in [6, 6.07) is 0. The molecule has 0 N–H and O–H groups in total. The lowest BCUT2D eigenvalue weighted by molar-refractivity contribution is 0.193. The van der Waals surface area contributed by atoms with Crippen molar-refractivity contribution >= 4 is 15.9 Å². The molecule has 0 aromatic carbocycles. The first kappa shape index (κ1) is 10.5. The van der Waals surface area contributed by atoms with Crippen molar-refractivity contribution in [3.8, 4) is 0 Å². The lowest BCUT2D eigenvalue weighted by atomic mass is 9.85. The zero-order valence-electron chi connectivity index (χ0n) is 8.22. The maximum Gasteiger partial charge on any atom is 0.00692 e. The summed E-state index contributed by atoms with van der Waals surface area (Å²) in [5, 5.41) is 1.13. The third-order valence-electron chi connectivity index (χ3n) is 2.68. The van der Waals surface area contributed by atoms with Gasteiger partial charge in [0.25, 0.3) is 0 Å². The lowest BCUT2D eigenvalue weighted by Crippen LogP contribution is -2.32. The summed E-state index contributed by atoms with van der Waals surface area (Å²) in [6.07, 6.45) is 4.40. The molecule has 1 unspecified atom stereocenters. The first-order valence-electron chi connectivity index (χ1n) is 4.97. The van der Waals surface area contributed by atoms with Gasteiger partial charge in [-0.05, 0) is 31.7 Å². The fraction of sp³-hybridized carbons (Fsp3) is 1.00. The van der Waals surface area contributed by atoms with E-state index in [-0.39, 0.29) is 0 Å². The summed E-state index contributed by atoms with van der Waals surface area (Å²) in [6.45, 7) is 4.85. The molecule has 1 nitrogen and oxygen atoms in total. The SMILES string of the molecule is CC(CBr)CN(C)CC1CCC1. The monoisotopic (exact) mass is 233 g/mol. The number of rotatable bonds is 5. The molecule has 0 heterocycles. The van der Waals surface area contributed by atoms with Crippen LogP contribution in [0.3, 0.4) is 0 Å². The van der Waals surface area contributed by atoms with Crippen molar-refractivity contribution < 1.29 is 0 Å². The van der Waals surface area contributed by atoms with E-state index in [0.29, 0.717) is 0 Å². The quantitative estimate of drug-likeness (QED) is 0.661. The molecule has 0 bridgehead atoms. The van der Waals surface area contributed by atoms with Crippen molar-refractivity contribution in [3.63, 3.8) is 0 Å². The molecule has 1 rings (SSSR count). The lowest BCUT2D eigenvalue weighted by Gasteiger charge is -2.31. The van der Waals surface area contributed by atoms with Gasteiger partial charge < -0.3 is 4.90 Å². The Hall–Kier alpha value is 0.440. The van der Waals surface area contributed by atoms with Crippen molar-refractivity contribution in [2.45, 2.75) is 26.2 Å². The van der Waals surface area contributed by atoms with E-state index >= 15 is 0 Å². The summed E-state index contributed by atoms with van der Waals surface area (Å²) in [5.74, 6) is 1.80. The summed E-state index contributed by atoms with van der Waals surface area (Å²) in [7, 11) is 2.25. The van der Waals surface area contributed by atoms with Gasteiger partial charge in [-0.25, -0.2) is 0 Å². The molecule has 0 aromatic rings. The molecule has 0 saturated heterocycles. The van der Waals surface area contributed by atoms with Crippen molar-refractivity contribution in [1.29, 1.82) is 0 Å². The predicted molar refractivity (Wildman–Crippen MR) is 57.8 cm³/mol. The molecule has 0 radical (unpaired) electrons. The minimum atomic E-state index is 0.787. The van der Waals surface area contributed by atoms with Crippen molar-refractivity contribution in [1.82, 2.24) is 4.90 Å². The molecule has 1 fully saturated rings. The average molecular weight is 234 g/mol. The highest BCUT2D eigenvalue weighted by Gasteiger charge is 2.19. The second-order valence-electron chi connectivity index (χ2n) is 4.28. The Morgan fingerprint density at radius 3 is 2.58 bits per heavy atom. The number of alkyl halides is 1. The first-order valence-corrected chi connectivity index (χ1v) is 6.09. The highest BCUT2D eigenvalue weighted by molar-refractivity contribution is 9.09. The molecule has 0 amide bonds. The molecular weight excluding hydrogens is 214 g/mol. The summed E-state index contributed by atoms with van der Waals surface area (Å²) >= 11 is 3.51. The average Bonchev–Trinajstić information content (AvgIpc) is 1.97. The van der Waals surface area contributed by atoms with Crippen LogP contribution in [0.5, 0.6) is 0 Å². The van der Waals surface area contributed by atoms with Crippen LogP contribution in [0, 0.1) is 11.8 Å². The Kier molecular flexibility index (Phi) is 4.59. The smallest absolute Gasteiger partial charge is 0.00692 e. The zero-order valence-corrected chi connectivity index (χ0v) is 9.81. The number of hydrogen-bond donors (Lipinski definition) is 0. The van der Waals surface area contributed by atoms with E-state index in [1.54, 1.807) is 0 Å². The Labute approximate surface area is 84.6 Å². The fourth-order valence-corrected chi connectivity index (χ4v) is 1.98. The standard InChI is InChI=1S/C10H20BrN/c1-9(6-11)7-12(2)8-10-4-3-5-10/h9-10H,3-8H2,1-2H3. The van der Waals surface area contributed by atoms with Gasteiger partial charge in [-0.3, -0.25) is 0 Å². The molecule has 0 aromatic heterocycles. The second kappa shape index (κ2) is 5.23. The largest absolute Gasteiger partial charge is 0.306 e. The Balaban J connectivity index is 2.05. The van der Waals surface area contributed by atoms with Crippen LogP contribution in [-0.2, 0) is 0 Å². The fourth-order valence-electron chi connectivity index (χ4n) is 1.77. The van der Waals surface area contributed by atoms with Crippen molar-refractivity contribution in [3.05, 3.63) is 0 Å². The molecule has 1 aliphatic rings. The first-order chi connectivity index (χ1) is 5.72. The molecule has 1 saturated carbocycles. The predicted octanol–water partition coefficient (Wildman–Crippen LogP) is 2.75. The van der Waals surface area contributed by atoms with Gasteiger partial charge in [-0.1, -0.05) is 29.3 Å². The zero-order chi connectivity index (χ0) is 8.97. The topological polar surface area (TPSA) is 3.24 Å². The normalized spacial score (nSPS) is 21.0. The van der Waals surface area contributed by atoms with Gasteiger partial charge in [0.1, 0.15) is 0 Å². The molecule has 1 aliphatic carbocycles. The second-order valence-corrected chi connectivity index (χ2v) is 4.93. The van der Waals surface area contributed by atoms with E-state index in [1.165, 1.54) is 32.4 Å². The molecule has 72 valence electrons. The van der Waals surface area contributed by atoms with Crippen LogP contribution < -0.4 is 0 Å². The maximum atomic E-state index is 3.51. The number of hydrogen-bond acceptors (Lipinski definition) is 1. The summed E-state index contributed by atoms with van der Waals surface area (Å²) in [5.41, 5.74) is 0. The van der Waals surface area contributed by atoms with Gasteiger partial charge >= 0.3 is 0 Å². The van der Waals surface area contributed by atoms with Crippen LogP contribution in [0.2, 0.25) is 0 Å². The van der Waals surface area contributed by atoms with Crippen LogP contribution in [-0.4, -0.2) is 30.4 Å². The van der Waals surface area contributed by atoms with Crippen molar-refractivity contribution in [2.75, 3.05) is 25.5 Å². The molecular formula is C10H20BrN.